The number of aryl methyl sites for hydroxylation is 1. The molecular weight excluding hydrogens is 259 g/mol. The Labute approximate surface area is 116 Å². The molecule has 0 atom stereocenters. The van der Waals surface area contributed by atoms with Gasteiger partial charge in [-0.05, 0) is 31.0 Å². The number of benzene rings is 2. The summed E-state index contributed by atoms with van der Waals surface area (Å²) in [7, 11) is 0. The van der Waals surface area contributed by atoms with Crippen molar-refractivity contribution < 1.29 is 9.31 Å². The fourth-order valence-corrected chi connectivity index (χ4v) is 2.08. The Bertz CT molecular complexity index is 629. The lowest BCUT2D eigenvalue weighted by Gasteiger charge is -2.09. The van der Waals surface area contributed by atoms with Crippen LogP contribution in [0.15, 0.2) is 42.5 Å². The van der Waals surface area contributed by atoms with Crippen LogP contribution in [0.3, 0.4) is 0 Å². The third-order valence-corrected chi connectivity index (χ3v) is 3.09. The number of rotatable bonds is 5. The zero-order chi connectivity index (χ0) is 14.5. The first-order valence-corrected chi connectivity index (χ1v) is 6.31. The molecule has 0 heterocycles. The van der Waals surface area contributed by atoms with Crippen LogP contribution in [-0.4, -0.2) is 11.5 Å². The third kappa shape index (κ3) is 3.12. The van der Waals surface area contributed by atoms with Gasteiger partial charge in [-0.15, -0.1) is 0 Å². The molecule has 0 aliphatic carbocycles. The number of anilines is 1. The second-order valence-electron chi connectivity index (χ2n) is 4.50. The van der Waals surface area contributed by atoms with Gasteiger partial charge in [-0.1, -0.05) is 30.3 Å². The topological polar surface area (TPSA) is 55.2 Å². The van der Waals surface area contributed by atoms with Crippen LogP contribution < -0.4 is 5.32 Å². The van der Waals surface area contributed by atoms with Gasteiger partial charge >= 0.3 is 0 Å². The summed E-state index contributed by atoms with van der Waals surface area (Å²) in [5.41, 5.74) is 1.73. The smallest absolute Gasteiger partial charge is 0.295 e. The van der Waals surface area contributed by atoms with E-state index >= 15 is 0 Å². The van der Waals surface area contributed by atoms with Gasteiger partial charge in [-0.25, -0.2) is 4.39 Å². The molecule has 0 aliphatic heterocycles. The molecule has 0 saturated heterocycles. The number of halogens is 1. The molecule has 1 N–H and O–H groups in total. The fraction of sp³-hybridized carbons (Fsp3) is 0.200. The molecule has 20 heavy (non-hydrogen) atoms. The van der Waals surface area contributed by atoms with Gasteiger partial charge in [0, 0.05) is 12.1 Å². The predicted octanol–water partition coefficient (Wildman–Crippen LogP) is 3.70. The van der Waals surface area contributed by atoms with Crippen molar-refractivity contribution in [2.75, 3.05) is 11.9 Å². The lowest BCUT2D eigenvalue weighted by Crippen LogP contribution is -2.08. The van der Waals surface area contributed by atoms with Gasteiger partial charge in [0.05, 0.1) is 4.92 Å². The van der Waals surface area contributed by atoms with Gasteiger partial charge < -0.3 is 5.32 Å². The summed E-state index contributed by atoms with van der Waals surface area (Å²) in [5, 5.41) is 14.0. The van der Waals surface area contributed by atoms with E-state index in [1.54, 1.807) is 43.3 Å². The van der Waals surface area contributed by atoms with Gasteiger partial charge in [0.15, 0.2) is 0 Å². The molecule has 0 radical (unpaired) electrons. The van der Waals surface area contributed by atoms with E-state index in [4.69, 9.17) is 0 Å². The Balaban J connectivity index is 2.07. The minimum Gasteiger partial charge on any atom is -0.379 e. The highest BCUT2D eigenvalue weighted by atomic mass is 19.1. The SMILES string of the molecule is Cc1cccc(NCCc2ccccc2F)c1[N+](=O)[O-]. The van der Waals surface area contributed by atoms with Crippen LogP contribution in [0.2, 0.25) is 0 Å². The van der Waals surface area contributed by atoms with E-state index in [9.17, 15) is 14.5 Å². The van der Waals surface area contributed by atoms with Crippen molar-refractivity contribution in [1.82, 2.24) is 0 Å². The molecule has 0 bridgehead atoms. The molecule has 4 nitrogen and oxygen atoms in total. The number of nitro benzene ring substituents is 1. The Morgan fingerprint density at radius 1 is 1.20 bits per heavy atom. The van der Waals surface area contributed by atoms with Crippen LogP contribution >= 0.6 is 0 Å². The molecule has 2 rings (SSSR count). The summed E-state index contributed by atoms with van der Waals surface area (Å²) in [5.74, 6) is -0.256. The van der Waals surface area contributed by atoms with E-state index in [0.29, 0.717) is 29.8 Å². The minimum absolute atomic E-state index is 0.0704. The summed E-state index contributed by atoms with van der Waals surface area (Å²) in [6.07, 6.45) is 0.470. The highest BCUT2D eigenvalue weighted by molar-refractivity contribution is 5.65. The lowest BCUT2D eigenvalue weighted by molar-refractivity contribution is -0.384. The molecular formula is C15H15FN2O2. The molecule has 0 aromatic heterocycles. The van der Waals surface area contributed by atoms with Crippen molar-refractivity contribution in [2.45, 2.75) is 13.3 Å². The summed E-state index contributed by atoms with van der Waals surface area (Å²) < 4.78 is 13.5. The van der Waals surface area contributed by atoms with Gasteiger partial charge in [0.25, 0.3) is 5.69 Å². The van der Waals surface area contributed by atoms with Gasteiger partial charge in [0.1, 0.15) is 11.5 Å². The Morgan fingerprint density at radius 3 is 2.65 bits per heavy atom. The van der Waals surface area contributed by atoms with E-state index < -0.39 is 4.92 Å². The molecule has 5 heteroatoms. The first kappa shape index (κ1) is 14.0. The molecule has 0 amide bonds. The summed E-state index contributed by atoms with van der Waals surface area (Å²) >= 11 is 0. The normalized spacial score (nSPS) is 10.3. The Morgan fingerprint density at radius 2 is 1.95 bits per heavy atom. The van der Waals surface area contributed by atoms with Gasteiger partial charge in [0.2, 0.25) is 0 Å². The van der Waals surface area contributed by atoms with Crippen LogP contribution in [0.1, 0.15) is 11.1 Å². The van der Waals surface area contributed by atoms with E-state index in [-0.39, 0.29) is 11.5 Å². The molecule has 0 spiro atoms. The summed E-state index contributed by atoms with van der Waals surface area (Å²) in [6.45, 7) is 2.13. The zero-order valence-corrected chi connectivity index (χ0v) is 11.1. The number of nitrogens with one attached hydrogen (secondary N) is 1. The number of hydrogen-bond donors (Lipinski definition) is 1. The van der Waals surface area contributed by atoms with E-state index in [2.05, 4.69) is 5.32 Å². The van der Waals surface area contributed by atoms with Crippen molar-refractivity contribution in [3.63, 3.8) is 0 Å². The minimum atomic E-state index is -0.402. The van der Waals surface area contributed by atoms with Gasteiger partial charge in [-0.2, -0.15) is 0 Å². The molecule has 0 aliphatic rings. The lowest BCUT2D eigenvalue weighted by atomic mass is 10.1. The highest BCUT2D eigenvalue weighted by Gasteiger charge is 2.16. The maximum Gasteiger partial charge on any atom is 0.295 e. The van der Waals surface area contributed by atoms with Crippen LogP contribution in [0.25, 0.3) is 0 Å². The predicted molar refractivity (Wildman–Crippen MR) is 76.4 cm³/mol. The number of nitrogens with zero attached hydrogens (tertiary/aromatic N) is 1. The zero-order valence-electron chi connectivity index (χ0n) is 11.1. The van der Waals surface area contributed by atoms with Gasteiger partial charge in [-0.3, -0.25) is 10.1 Å². The molecule has 0 saturated carbocycles. The third-order valence-electron chi connectivity index (χ3n) is 3.09. The summed E-state index contributed by atoms with van der Waals surface area (Å²) in [6, 6.07) is 11.6. The molecule has 104 valence electrons. The largest absolute Gasteiger partial charge is 0.379 e. The average molecular weight is 274 g/mol. The van der Waals surface area contributed by atoms with Crippen LogP contribution in [0, 0.1) is 22.9 Å². The molecule has 2 aromatic carbocycles. The van der Waals surface area contributed by atoms with Crippen molar-refractivity contribution in [3.05, 3.63) is 69.5 Å². The van der Waals surface area contributed by atoms with Crippen molar-refractivity contribution >= 4 is 11.4 Å². The van der Waals surface area contributed by atoms with E-state index in [0.717, 1.165) is 0 Å². The Kier molecular flexibility index (Phi) is 4.30. The van der Waals surface area contributed by atoms with Crippen molar-refractivity contribution in [2.24, 2.45) is 0 Å². The maximum absolute atomic E-state index is 13.5. The second kappa shape index (κ2) is 6.14. The fourth-order valence-electron chi connectivity index (χ4n) is 2.08. The standard InChI is InChI=1S/C15H15FN2O2/c1-11-5-4-8-14(15(11)18(19)20)17-10-9-12-6-2-3-7-13(12)16/h2-8,17H,9-10H2,1H3. The molecule has 2 aromatic rings. The van der Waals surface area contributed by atoms with Crippen LogP contribution in [0.5, 0.6) is 0 Å². The number of para-hydroxylation sites is 1. The van der Waals surface area contributed by atoms with Crippen molar-refractivity contribution in [1.29, 1.82) is 0 Å². The van der Waals surface area contributed by atoms with E-state index in [1.807, 2.05) is 0 Å². The Hall–Kier alpha value is -2.43. The number of hydrogen-bond acceptors (Lipinski definition) is 3. The first-order chi connectivity index (χ1) is 9.59. The van der Waals surface area contributed by atoms with Crippen LogP contribution in [0.4, 0.5) is 15.8 Å². The maximum atomic E-state index is 13.5. The number of nitro groups is 1. The van der Waals surface area contributed by atoms with Crippen molar-refractivity contribution in [3.8, 4) is 0 Å². The summed E-state index contributed by atoms with van der Waals surface area (Å²) in [4.78, 5) is 10.6. The van der Waals surface area contributed by atoms with E-state index in [1.165, 1.54) is 6.07 Å². The highest BCUT2D eigenvalue weighted by Crippen LogP contribution is 2.27. The molecule has 0 unspecified atom stereocenters. The monoisotopic (exact) mass is 274 g/mol. The average Bonchev–Trinajstić information content (AvgIpc) is 2.40. The molecule has 0 fully saturated rings. The first-order valence-electron chi connectivity index (χ1n) is 6.31. The second-order valence-corrected chi connectivity index (χ2v) is 4.50. The quantitative estimate of drug-likeness (QED) is 0.668. The van der Waals surface area contributed by atoms with Crippen LogP contribution in [-0.2, 0) is 6.42 Å².